The van der Waals surface area contributed by atoms with Crippen LogP contribution >= 0.6 is 0 Å². The molecule has 2 aliphatic heterocycles. The Hall–Kier alpha value is -0.521. The van der Waals surface area contributed by atoms with Crippen molar-refractivity contribution in [1.82, 2.24) is 0 Å². The molecule has 0 spiro atoms. The van der Waals surface area contributed by atoms with Gasteiger partial charge in [0.1, 0.15) is 0 Å². The van der Waals surface area contributed by atoms with Crippen LogP contribution in [0.2, 0.25) is 0 Å². The topological polar surface area (TPSA) is 0 Å². The van der Waals surface area contributed by atoms with Crippen LogP contribution in [0.5, 0.6) is 0 Å². The molecule has 0 atom stereocenters. The molecule has 0 aromatic heterocycles. The van der Waals surface area contributed by atoms with Crippen LogP contribution in [-0.2, 0) is 0 Å². The zero-order chi connectivity index (χ0) is 23.1. The summed E-state index contributed by atoms with van der Waals surface area (Å²) < 4.78 is 6.37. The monoisotopic (exact) mass is 538 g/mol. The van der Waals surface area contributed by atoms with Crippen LogP contribution in [-0.4, -0.2) is 29.9 Å². The van der Waals surface area contributed by atoms with Gasteiger partial charge in [-0.25, -0.2) is 0 Å². The molecule has 2 aliphatic rings. The molecule has 0 saturated carbocycles. The number of allylic oxidation sites excluding steroid dienone is 12. The first-order chi connectivity index (χ1) is 13.4. The van der Waals surface area contributed by atoms with E-state index in [2.05, 4.69) is 120 Å². The molecule has 0 saturated heterocycles. The van der Waals surface area contributed by atoms with E-state index in [0.29, 0.717) is 29.9 Å². The van der Waals surface area contributed by atoms with Crippen molar-refractivity contribution in [3.05, 3.63) is 65.5 Å². The van der Waals surface area contributed by atoms with Gasteiger partial charge in [-0.3, -0.25) is 0 Å². The van der Waals surface area contributed by atoms with Crippen molar-refractivity contribution < 1.29 is 0 Å². The normalized spacial score (nSPS) is 19.1. The quantitative estimate of drug-likeness (QED) is 0.298. The Morgan fingerprint density at radius 2 is 0.633 bits per heavy atom. The van der Waals surface area contributed by atoms with E-state index >= 15 is 0 Å². The van der Waals surface area contributed by atoms with Crippen molar-refractivity contribution in [2.45, 2.75) is 83.1 Å². The fourth-order valence-electron chi connectivity index (χ4n) is 2.91. The van der Waals surface area contributed by atoms with Gasteiger partial charge in [0.05, 0.1) is 0 Å². The summed E-state index contributed by atoms with van der Waals surface area (Å²) in [5.74, 6) is 0. The molecule has 0 radical (unpaired) electrons. The summed E-state index contributed by atoms with van der Waals surface area (Å²) in [7, 11) is 0. The van der Waals surface area contributed by atoms with Crippen molar-refractivity contribution >= 4 is 29.9 Å². The van der Waals surface area contributed by atoms with Crippen LogP contribution in [0, 0.1) is 21.7 Å². The Balaban J connectivity index is 2.55. The molecule has 0 fully saturated rings. The van der Waals surface area contributed by atoms with Crippen LogP contribution in [0.3, 0.4) is 0 Å². The van der Waals surface area contributed by atoms with Gasteiger partial charge >= 0.3 is 200 Å². The minimum absolute atomic E-state index is 0.225. The number of rotatable bonds is 1. The van der Waals surface area contributed by atoms with E-state index in [1.807, 2.05) is 0 Å². The maximum atomic E-state index is 2.45. The van der Waals surface area contributed by atoms with Crippen molar-refractivity contribution in [1.29, 1.82) is 0 Å². The van der Waals surface area contributed by atoms with Gasteiger partial charge in [0, 0.05) is 0 Å². The fourth-order valence-corrected chi connectivity index (χ4v) is 8.11. The maximum absolute atomic E-state index is 2.45. The van der Waals surface area contributed by atoms with Crippen molar-refractivity contribution in [3.8, 4) is 0 Å². The number of hydrogen-bond donors (Lipinski definition) is 0. The van der Waals surface area contributed by atoms with Gasteiger partial charge in [0.2, 0.25) is 0 Å². The van der Waals surface area contributed by atoms with Crippen molar-refractivity contribution in [2.24, 2.45) is 21.7 Å². The van der Waals surface area contributed by atoms with Crippen LogP contribution in [0.4, 0.5) is 0 Å². The number of hydrogen-bond acceptors (Lipinski definition) is 0. The molecular weight excluding hydrogens is 494 g/mol. The third kappa shape index (κ3) is 7.00. The molecule has 0 bridgehead atoms. The molecule has 166 valence electrons. The van der Waals surface area contributed by atoms with E-state index in [0.717, 1.165) is 0 Å². The van der Waals surface area contributed by atoms with Crippen LogP contribution in [0.1, 0.15) is 83.1 Å². The average molecular weight is 537 g/mol. The molecule has 0 aromatic rings. The third-order valence-corrected chi connectivity index (χ3v) is 13.0. The average Bonchev–Trinajstić information content (AvgIpc) is 2.56. The summed E-state index contributed by atoms with van der Waals surface area (Å²) in [4.78, 5) is 0. The molecular formula is C28H42Se2. The Bertz CT molecular complexity index is 718. The van der Waals surface area contributed by atoms with Gasteiger partial charge < -0.3 is 0 Å². The van der Waals surface area contributed by atoms with E-state index in [9.17, 15) is 0 Å². The van der Waals surface area contributed by atoms with Gasteiger partial charge in [0.15, 0.2) is 0 Å². The second-order valence-electron chi connectivity index (χ2n) is 12.6. The van der Waals surface area contributed by atoms with Gasteiger partial charge in [-0.1, -0.05) is 0 Å². The van der Waals surface area contributed by atoms with E-state index in [1.54, 1.807) is 17.9 Å². The summed E-state index contributed by atoms with van der Waals surface area (Å²) in [6.45, 7) is 28.2. The van der Waals surface area contributed by atoms with Gasteiger partial charge in [-0.2, -0.15) is 0 Å². The zero-order valence-electron chi connectivity index (χ0n) is 21.3. The van der Waals surface area contributed by atoms with Gasteiger partial charge in [-0.15, -0.1) is 0 Å². The van der Waals surface area contributed by atoms with Crippen molar-refractivity contribution in [3.63, 3.8) is 0 Å². The van der Waals surface area contributed by atoms with Crippen LogP contribution in [0.15, 0.2) is 65.5 Å². The second kappa shape index (κ2) is 8.78. The SMILES string of the molecule is CC(C)(C)C1=CC(=CC=C2C=C(C(C)(C)C)[Se]C(C(C)(C)C)=C2)C=C(C(C)(C)C)[Se]1. The van der Waals surface area contributed by atoms with Crippen LogP contribution < -0.4 is 0 Å². The van der Waals surface area contributed by atoms with Crippen LogP contribution in [0.25, 0.3) is 0 Å². The van der Waals surface area contributed by atoms with E-state index < -0.39 is 0 Å². The summed E-state index contributed by atoms with van der Waals surface area (Å²) >= 11 is 0.875. The Morgan fingerprint density at radius 1 is 0.433 bits per heavy atom. The molecule has 2 heteroatoms. The first kappa shape index (κ1) is 25.7. The first-order valence-corrected chi connectivity index (χ1v) is 14.5. The standard InChI is InChI=1S/C28H42Se2/c1-25(2,3)21-15-19(16-22(29-21)26(4,5)6)13-14-20-17-23(27(7,8)9)30-24(18-20)28(10,11)12/h13-18H,1-12H3. The molecule has 0 N–H and O–H groups in total. The predicted octanol–water partition coefficient (Wildman–Crippen LogP) is 7.99. The van der Waals surface area contributed by atoms with E-state index in [1.165, 1.54) is 11.1 Å². The summed E-state index contributed by atoms with van der Waals surface area (Å²) in [5, 5.41) is 0. The van der Waals surface area contributed by atoms with Crippen molar-refractivity contribution in [2.75, 3.05) is 0 Å². The minimum atomic E-state index is 0.225. The van der Waals surface area contributed by atoms with Gasteiger partial charge in [0.25, 0.3) is 0 Å². The third-order valence-electron chi connectivity index (χ3n) is 5.06. The molecule has 0 amide bonds. The van der Waals surface area contributed by atoms with E-state index in [4.69, 9.17) is 0 Å². The Labute approximate surface area is 199 Å². The molecule has 0 nitrogen and oxygen atoms in total. The summed E-state index contributed by atoms with van der Waals surface area (Å²) in [6.07, 6.45) is 14.5. The fraction of sp³-hybridized carbons (Fsp3) is 0.571. The molecule has 2 heterocycles. The Morgan fingerprint density at radius 3 is 0.800 bits per heavy atom. The molecule has 2 rings (SSSR count). The predicted molar refractivity (Wildman–Crippen MR) is 138 cm³/mol. The Kier molecular flexibility index (Phi) is 7.54. The molecule has 30 heavy (non-hydrogen) atoms. The molecule has 0 aliphatic carbocycles. The molecule has 0 aromatic carbocycles. The zero-order valence-corrected chi connectivity index (χ0v) is 24.7. The first-order valence-electron chi connectivity index (χ1n) is 11.0. The summed E-state index contributed by atoms with van der Waals surface area (Å²) in [5.41, 5.74) is 3.59. The molecule has 0 unspecified atom stereocenters. The van der Waals surface area contributed by atoms with E-state index in [-0.39, 0.29) is 21.7 Å². The van der Waals surface area contributed by atoms with Gasteiger partial charge in [-0.05, 0) is 0 Å². The second-order valence-corrected chi connectivity index (χ2v) is 17.1. The summed E-state index contributed by atoms with van der Waals surface area (Å²) in [6, 6.07) is 0.